The van der Waals surface area contributed by atoms with Gasteiger partial charge in [0.1, 0.15) is 5.82 Å². The number of carbonyl (C=O) groups excluding carboxylic acids is 2. The first kappa shape index (κ1) is 20.1. The van der Waals surface area contributed by atoms with Crippen molar-refractivity contribution in [3.05, 3.63) is 47.3 Å². The number of primary amides is 1. The van der Waals surface area contributed by atoms with Gasteiger partial charge < -0.3 is 15.8 Å². The van der Waals surface area contributed by atoms with E-state index >= 15 is 0 Å². The Bertz CT molecular complexity index is 840. The van der Waals surface area contributed by atoms with Gasteiger partial charge in [-0.25, -0.2) is 9.97 Å². The van der Waals surface area contributed by atoms with Crippen LogP contribution in [0.15, 0.2) is 30.6 Å². The molecule has 2 rings (SSSR count). The van der Waals surface area contributed by atoms with Gasteiger partial charge >= 0.3 is 6.18 Å². The normalized spacial score (nSPS) is 11.1. The molecule has 0 saturated carbocycles. The third-order valence-corrected chi connectivity index (χ3v) is 3.39. The Morgan fingerprint density at radius 1 is 1.26 bits per heavy atom. The first-order valence-corrected chi connectivity index (χ1v) is 7.91. The van der Waals surface area contributed by atoms with Gasteiger partial charge in [-0.05, 0) is 23.8 Å². The zero-order valence-corrected chi connectivity index (χ0v) is 14.3. The molecule has 27 heavy (non-hydrogen) atoms. The Kier molecular flexibility index (Phi) is 6.32. The Morgan fingerprint density at radius 2 is 2.00 bits per heavy atom. The van der Waals surface area contributed by atoms with Crippen molar-refractivity contribution >= 4 is 17.6 Å². The van der Waals surface area contributed by atoms with E-state index in [0.29, 0.717) is 11.4 Å². The number of aromatic nitrogens is 2. The number of amides is 2. The maximum Gasteiger partial charge on any atom is 0.422 e. The number of pyridine rings is 2. The van der Waals surface area contributed by atoms with E-state index in [1.807, 2.05) is 0 Å². The number of halogens is 3. The molecule has 0 unspecified atom stereocenters. The van der Waals surface area contributed by atoms with Crippen LogP contribution >= 0.6 is 0 Å². The van der Waals surface area contributed by atoms with Gasteiger partial charge in [-0.2, -0.15) is 13.2 Å². The zero-order valence-electron chi connectivity index (χ0n) is 14.3. The number of rotatable bonds is 7. The summed E-state index contributed by atoms with van der Waals surface area (Å²) in [4.78, 5) is 30.6. The first-order chi connectivity index (χ1) is 12.7. The molecule has 3 N–H and O–H groups in total. The molecule has 0 aromatic carbocycles. The molecule has 0 saturated heterocycles. The van der Waals surface area contributed by atoms with E-state index < -0.39 is 18.7 Å². The molecule has 7 nitrogen and oxygen atoms in total. The van der Waals surface area contributed by atoms with Gasteiger partial charge in [0.05, 0.1) is 5.56 Å². The number of ether oxygens (including phenoxy) is 1. The average molecular weight is 382 g/mol. The molecule has 0 bridgehead atoms. The van der Waals surface area contributed by atoms with E-state index in [2.05, 4.69) is 15.3 Å². The molecule has 0 aliphatic heterocycles. The molecule has 0 aliphatic carbocycles. The number of nitrogens with one attached hydrogen (secondary N) is 1. The van der Waals surface area contributed by atoms with Gasteiger partial charge in [0.25, 0.3) is 0 Å². The smallest absolute Gasteiger partial charge is 0.422 e. The standard InChI is InChI=1S/C17H17F3N4O3/c1-2-14(25)24-13-6-10(3-4-22-13)5-11-7-12(15(21)26)8-23-16(11)27-9-17(18,19)20/h3-4,6-8H,2,5,9H2,1H3,(H2,21,26)(H,22,24,25). The second-order valence-corrected chi connectivity index (χ2v) is 5.58. The van der Waals surface area contributed by atoms with E-state index in [4.69, 9.17) is 10.5 Å². The number of hydrogen-bond acceptors (Lipinski definition) is 5. The summed E-state index contributed by atoms with van der Waals surface area (Å²) in [5, 5.41) is 2.59. The Morgan fingerprint density at radius 3 is 2.63 bits per heavy atom. The lowest BCUT2D eigenvalue weighted by molar-refractivity contribution is -0.154. The largest absolute Gasteiger partial charge is 0.468 e. The Balaban J connectivity index is 2.29. The van der Waals surface area contributed by atoms with Crippen LogP contribution in [0.25, 0.3) is 0 Å². The number of nitrogens with zero attached hydrogens (tertiary/aromatic N) is 2. The number of anilines is 1. The summed E-state index contributed by atoms with van der Waals surface area (Å²) < 4.78 is 42.1. The molecule has 0 atom stereocenters. The molecule has 0 fully saturated rings. The Labute approximate surface area is 152 Å². The summed E-state index contributed by atoms with van der Waals surface area (Å²) in [6, 6.07) is 4.51. The van der Waals surface area contributed by atoms with Crippen LogP contribution in [-0.2, 0) is 11.2 Å². The Hall–Kier alpha value is -3.17. The first-order valence-electron chi connectivity index (χ1n) is 7.91. The van der Waals surface area contributed by atoms with Crippen molar-refractivity contribution in [2.24, 2.45) is 5.73 Å². The van der Waals surface area contributed by atoms with Crippen molar-refractivity contribution in [2.45, 2.75) is 25.9 Å². The minimum absolute atomic E-state index is 0.0397. The summed E-state index contributed by atoms with van der Waals surface area (Å²) in [7, 11) is 0. The fraction of sp³-hybridized carbons (Fsp3) is 0.294. The van der Waals surface area contributed by atoms with Crippen LogP contribution in [0.4, 0.5) is 19.0 Å². The molecular formula is C17H17F3N4O3. The summed E-state index contributed by atoms with van der Waals surface area (Å²) in [5.74, 6) is -0.951. The topological polar surface area (TPSA) is 107 Å². The van der Waals surface area contributed by atoms with Crippen molar-refractivity contribution in [2.75, 3.05) is 11.9 Å². The molecule has 144 valence electrons. The lowest BCUT2D eigenvalue weighted by Crippen LogP contribution is -2.21. The number of nitrogens with two attached hydrogens (primary N) is 1. The van der Waals surface area contributed by atoms with E-state index in [1.165, 1.54) is 12.3 Å². The molecule has 0 radical (unpaired) electrons. The fourth-order valence-electron chi connectivity index (χ4n) is 2.14. The SMILES string of the molecule is CCC(=O)Nc1cc(Cc2cc(C(N)=O)cnc2OCC(F)(F)F)ccn1. The lowest BCUT2D eigenvalue weighted by atomic mass is 10.1. The van der Waals surface area contributed by atoms with Crippen LogP contribution in [-0.4, -0.2) is 34.6 Å². The summed E-state index contributed by atoms with van der Waals surface area (Å²) in [6.45, 7) is 0.168. The molecule has 2 amide bonds. The van der Waals surface area contributed by atoms with Crippen molar-refractivity contribution < 1.29 is 27.5 Å². The van der Waals surface area contributed by atoms with Crippen LogP contribution in [0.1, 0.15) is 34.8 Å². The summed E-state index contributed by atoms with van der Waals surface area (Å²) in [5.41, 5.74) is 6.11. The van der Waals surface area contributed by atoms with Crippen LogP contribution in [0.3, 0.4) is 0 Å². The van der Waals surface area contributed by atoms with Crippen LogP contribution in [0, 0.1) is 0 Å². The third kappa shape index (κ3) is 6.24. The van der Waals surface area contributed by atoms with Gasteiger partial charge in [-0.3, -0.25) is 9.59 Å². The molecule has 10 heteroatoms. The molecule has 2 aromatic rings. The van der Waals surface area contributed by atoms with Crippen molar-refractivity contribution in [3.63, 3.8) is 0 Å². The zero-order chi connectivity index (χ0) is 20.0. The monoisotopic (exact) mass is 382 g/mol. The maximum absolute atomic E-state index is 12.4. The minimum atomic E-state index is -4.53. The van der Waals surface area contributed by atoms with E-state index in [1.54, 1.807) is 19.1 Å². The highest BCUT2D eigenvalue weighted by Crippen LogP contribution is 2.24. The number of alkyl halides is 3. The van der Waals surface area contributed by atoms with Crippen LogP contribution < -0.4 is 15.8 Å². The quantitative estimate of drug-likeness (QED) is 0.765. The number of hydrogen-bond donors (Lipinski definition) is 2. The average Bonchev–Trinajstić information content (AvgIpc) is 2.60. The predicted octanol–water partition coefficient (Wildman–Crippen LogP) is 2.46. The lowest BCUT2D eigenvalue weighted by Gasteiger charge is -2.13. The number of carbonyl (C=O) groups is 2. The van der Waals surface area contributed by atoms with E-state index in [-0.39, 0.29) is 35.8 Å². The maximum atomic E-state index is 12.4. The van der Waals surface area contributed by atoms with Crippen molar-refractivity contribution in [1.29, 1.82) is 0 Å². The summed E-state index contributed by atoms with van der Waals surface area (Å²) >= 11 is 0. The van der Waals surface area contributed by atoms with Crippen molar-refractivity contribution in [1.82, 2.24) is 9.97 Å². The van der Waals surface area contributed by atoms with Gasteiger partial charge in [0.15, 0.2) is 6.61 Å². The second kappa shape index (κ2) is 8.47. The molecule has 0 spiro atoms. The predicted molar refractivity (Wildman–Crippen MR) is 90.3 cm³/mol. The minimum Gasteiger partial charge on any atom is -0.468 e. The van der Waals surface area contributed by atoms with Crippen LogP contribution in [0.5, 0.6) is 5.88 Å². The second-order valence-electron chi connectivity index (χ2n) is 5.58. The van der Waals surface area contributed by atoms with E-state index in [0.717, 1.165) is 6.20 Å². The van der Waals surface area contributed by atoms with Crippen LogP contribution in [0.2, 0.25) is 0 Å². The molecular weight excluding hydrogens is 365 g/mol. The van der Waals surface area contributed by atoms with Gasteiger partial charge in [0.2, 0.25) is 17.7 Å². The fourth-order valence-corrected chi connectivity index (χ4v) is 2.14. The molecule has 2 heterocycles. The molecule has 0 aliphatic rings. The summed E-state index contributed by atoms with van der Waals surface area (Å²) in [6.07, 6.45) is -1.67. The van der Waals surface area contributed by atoms with Gasteiger partial charge in [-0.15, -0.1) is 0 Å². The van der Waals surface area contributed by atoms with Gasteiger partial charge in [-0.1, -0.05) is 6.92 Å². The van der Waals surface area contributed by atoms with Gasteiger partial charge in [0, 0.05) is 30.8 Å². The highest BCUT2D eigenvalue weighted by atomic mass is 19.4. The molecule has 2 aromatic heterocycles. The highest BCUT2D eigenvalue weighted by molar-refractivity contribution is 5.92. The van der Waals surface area contributed by atoms with Crippen molar-refractivity contribution in [3.8, 4) is 5.88 Å². The van der Waals surface area contributed by atoms with E-state index in [9.17, 15) is 22.8 Å². The third-order valence-electron chi connectivity index (χ3n) is 3.39. The highest BCUT2D eigenvalue weighted by Gasteiger charge is 2.29.